The van der Waals surface area contributed by atoms with Crippen LogP contribution in [0.15, 0.2) is 10.9 Å². The fourth-order valence-electron chi connectivity index (χ4n) is 1.79. The SMILES string of the molecule is CCCCCn1c(O)c(C(N)=O)c(C)cc1=O. The zero-order valence-corrected chi connectivity index (χ0v) is 10.2. The van der Waals surface area contributed by atoms with E-state index in [0.717, 1.165) is 19.3 Å². The minimum absolute atomic E-state index is 0.0288. The molecule has 0 saturated heterocycles. The van der Waals surface area contributed by atoms with E-state index in [9.17, 15) is 14.7 Å². The number of hydrogen-bond acceptors (Lipinski definition) is 3. The van der Waals surface area contributed by atoms with E-state index in [-0.39, 0.29) is 17.0 Å². The molecule has 1 rings (SSSR count). The summed E-state index contributed by atoms with van der Waals surface area (Å²) in [4.78, 5) is 22.9. The van der Waals surface area contributed by atoms with Crippen LogP contribution in [-0.2, 0) is 6.54 Å². The van der Waals surface area contributed by atoms with E-state index in [1.165, 1.54) is 10.6 Å². The monoisotopic (exact) mass is 238 g/mol. The van der Waals surface area contributed by atoms with Gasteiger partial charge < -0.3 is 10.8 Å². The summed E-state index contributed by atoms with van der Waals surface area (Å²) in [6, 6.07) is 1.33. The number of pyridine rings is 1. The van der Waals surface area contributed by atoms with Crippen LogP contribution in [0.1, 0.15) is 42.1 Å². The van der Waals surface area contributed by atoms with Gasteiger partial charge in [-0.15, -0.1) is 0 Å². The van der Waals surface area contributed by atoms with Crippen LogP contribution >= 0.6 is 0 Å². The lowest BCUT2D eigenvalue weighted by molar-refractivity contribution is 0.0995. The highest BCUT2D eigenvalue weighted by Crippen LogP contribution is 2.18. The highest BCUT2D eigenvalue weighted by molar-refractivity contribution is 5.96. The fraction of sp³-hybridized carbons (Fsp3) is 0.500. The van der Waals surface area contributed by atoms with Crippen molar-refractivity contribution in [1.82, 2.24) is 4.57 Å². The maximum atomic E-state index is 11.7. The van der Waals surface area contributed by atoms with E-state index in [4.69, 9.17) is 5.73 Å². The smallest absolute Gasteiger partial charge is 0.254 e. The standard InChI is InChI=1S/C12H18N2O3/c1-3-4-5-6-14-9(15)7-8(2)10(11(13)16)12(14)17/h7,17H,3-6H2,1-2H3,(H2,13,16). The molecule has 0 aromatic carbocycles. The third-order valence-electron chi connectivity index (χ3n) is 2.71. The van der Waals surface area contributed by atoms with Crippen LogP contribution in [0.2, 0.25) is 0 Å². The second-order valence-electron chi connectivity index (χ2n) is 4.09. The molecule has 0 fully saturated rings. The van der Waals surface area contributed by atoms with Gasteiger partial charge in [-0.25, -0.2) is 0 Å². The molecule has 94 valence electrons. The van der Waals surface area contributed by atoms with E-state index >= 15 is 0 Å². The van der Waals surface area contributed by atoms with Crippen LogP contribution in [0.3, 0.4) is 0 Å². The van der Waals surface area contributed by atoms with Crippen LogP contribution in [0.4, 0.5) is 0 Å². The number of nitrogens with zero attached hydrogens (tertiary/aromatic N) is 1. The molecule has 1 heterocycles. The van der Waals surface area contributed by atoms with Crippen LogP contribution in [0, 0.1) is 6.92 Å². The van der Waals surface area contributed by atoms with Crippen LogP contribution in [0.25, 0.3) is 0 Å². The topological polar surface area (TPSA) is 85.3 Å². The predicted molar refractivity (Wildman–Crippen MR) is 65.1 cm³/mol. The normalized spacial score (nSPS) is 10.5. The van der Waals surface area contributed by atoms with Crippen molar-refractivity contribution in [2.24, 2.45) is 5.73 Å². The van der Waals surface area contributed by atoms with Crippen LogP contribution in [0.5, 0.6) is 5.88 Å². The van der Waals surface area contributed by atoms with Gasteiger partial charge in [0.15, 0.2) is 0 Å². The molecule has 1 aromatic rings. The number of aromatic hydroxyl groups is 1. The Labute approximate surface area is 99.9 Å². The van der Waals surface area contributed by atoms with Gasteiger partial charge in [-0.1, -0.05) is 19.8 Å². The number of aromatic nitrogens is 1. The second-order valence-corrected chi connectivity index (χ2v) is 4.09. The van der Waals surface area contributed by atoms with Gasteiger partial charge in [0.1, 0.15) is 5.56 Å². The first kappa shape index (κ1) is 13.3. The first-order valence-electron chi connectivity index (χ1n) is 5.72. The summed E-state index contributed by atoms with van der Waals surface area (Å²) in [7, 11) is 0. The number of amides is 1. The molecule has 17 heavy (non-hydrogen) atoms. The second kappa shape index (κ2) is 5.52. The molecule has 3 N–H and O–H groups in total. The molecule has 0 atom stereocenters. The lowest BCUT2D eigenvalue weighted by Crippen LogP contribution is -2.24. The molecule has 0 radical (unpaired) electrons. The van der Waals surface area contributed by atoms with Gasteiger partial charge in [-0.05, 0) is 18.9 Å². The first-order valence-corrected chi connectivity index (χ1v) is 5.72. The molecule has 1 aromatic heterocycles. The van der Waals surface area contributed by atoms with E-state index in [2.05, 4.69) is 0 Å². The molecular formula is C12H18N2O3. The molecule has 0 aliphatic carbocycles. The van der Waals surface area contributed by atoms with Crippen LogP contribution in [-0.4, -0.2) is 15.6 Å². The third kappa shape index (κ3) is 2.87. The maximum absolute atomic E-state index is 11.7. The Hall–Kier alpha value is -1.78. The molecule has 1 amide bonds. The lowest BCUT2D eigenvalue weighted by atomic mass is 10.1. The minimum Gasteiger partial charge on any atom is -0.494 e. The largest absolute Gasteiger partial charge is 0.494 e. The average Bonchev–Trinajstić information content (AvgIpc) is 2.21. The Kier molecular flexibility index (Phi) is 4.31. The molecule has 0 saturated carbocycles. The summed E-state index contributed by atoms with van der Waals surface area (Å²) < 4.78 is 1.20. The highest BCUT2D eigenvalue weighted by Gasteiger charge is 2.16. The number of aryl methyl sites for hydroxylation is 1. The summed E-state index contributed by atoms with van der Waals surface area (Å²) in [5.41, 5.74) is 5.31. The van der Waals surface area contributed by atoms with Crippen molar-refractivity contribution in [3.05, 3.63) is 27.5 Å². The van der Waals surface area contributed by atoms with Gasteiger partial charge in [0.25, 0.3) is 11.5 Å². The molecule has 0 aliphatic heterocycles. The number of rotatable bonds is 5. The van der Waals surface area contributed by atoms with Gasteiger partial charge >= 0.3 is 0 Å². The van der Waals surface area contributed by atoms with Crippen molar-refractivity contribution < 1.29 is 9.90 Å². The molecule has 0 unspecified atom stereocenters. The van der Waals surface area contributed by atoms with Crippen molar-refractivity contribution >= 4 is 5.91 Å². The first-order chi connectivity index (χ1) is 7.99. The van der Waals surface area contributed by atoms with E-state index in [1.54, 1.807) is 6.92 Å². The third-order valence-corrected chi connectivity index (χ3v) is 2.71. The Morgan fingerprint density at radius 1 is 1.47 bits per heavy atom. The predicted octanol–water partition coefficient (Wildman–Crippen LogP) is 1.15. The molecule has 0 aliphatic rings. The number of nitrogens with two attached hydrogens (primary N) is 1. The summed E-state index contributed by atoms with van der Waals surface area (Å²) in [6.45, 7) is 4.03. The van der Waals surface area contributed by atoms with Crippen molar-refractivity contribution in [2.45, 2.75) is 39.7 Å². The van der Waals surface area contributed by atoms with Gasteiger partial charge in [-0.3, -0.25) is 14.2 Å². The van der Waals surface area contributed by atoms with E-state index in [1.807, 2.05) is 6.92 Å². The minimum atomic E-state index is -0.718. The Morgan fingerprint density at radius 2 is 2.12 bits per heavy atom. The molecule has 5 heteroatoms. The summed E-state index contributed by atoms with van der Waals surface area (Å²) >= 11 is 0. The van der Waals surface area contributed by atoms with E-state index < -0.39 is 5.91 Å². The molecule has 0 bridgehead atoms. The average molecular weight is 238 g/mol. The highest BCUT2D eigenvalue weighted by atomic mass is 16.3. The van der Waals surface area contributed by atoms with Gasteiger partial charge in [0.2, 0.25) is 5.88 Å². The summed E-state index contributed by atoms with van der Waals surface area (Å²) in [5.74, 6) is -1.04. The van der Waals surface area contributed by atoms with Gasteiger partial charge in [0, 0.05) is 12.6 Å². The van der Waals surface area contributed by atoms with Crippen LogP contribution < -0.4 is 11.3 Å². The number of primary amides is 1. The van der Waals surface area contributed by atoms with E-state index in [0.29, 0.717) is 12.1 Å². The number of hydrogen-bond donors (Lipinski definition) is 2. The molecule has 5 nitrogen and oxygen atoms in total. The van der Waals surface area contributed by atoms with Gasteiger partial charge in [-0.2, -0.15) is 0 Å². The summed E-state index contributed by atoms with van der Waals surface area (Å²) in [5, 5.41) is 9.88. The van der Waals surface area contributed by atoms with Crippen molar-refractivity contribution in [3.63, 3.8) is 0 Å². The number of carbonyl (C=O) groups excluding carboxylic acids is 1. The Morgan fingerprint density at radius 3 is 2.65 bits per heavy atom. The fourth-order valence-corrected chi connectivity index (χ4v) is 1.79. The quantitative estimate of drug-likeness (QED) is 0.754. The zero-order valence-electron chi connectivity index (χ0n) is 10.2. The van der Waals surface area contributed by atoms with Crippen molar-refractivity contribution in [2.75, 3.05) is 0 Å². The molecular weight excluding hydrogens is 220 g/mol. The van der Waals surface area contributed by atoms with Gasteiger partial charge in [0.05, 0.1) is 0 Å². The molecule has 0 spiro atoms. The maximum Gasteiger partial charge on any atom is 0.254 e. The number of carbonyl (C=O) groups is 1. The van der Waals surface area contributed by atoms with Crippen molar-refractivity contribution in [3.8, 4) is 5.88 Å². The Balaban J connectivity index is 3.17. The Bertz CT molecular complexity index is 477. The van der Waals surface area contributed by atoms with Crippen molar-refractivity contribution in [1.29, 1.82) is 0 Å². The zero-order chi connectivity index (χ0) is 13.0. The lowest BCUT2D eigenvalue weighted by Gasteiger charge is -2.12. The summed E-state index contributed by atoms with van der Waals surface area (Å²) in [6.07, 6.45) is 2.76. The number of unbranched alkanes of at least 4 members (excludes halogenated alkanes) is 2.